The lowest BCUT2D eigenvalue weighted by Crippen LogP contribution is -2.14. The van der Waals surface area contributed by atoms with E-state index in [9.17, 15) is 17.9 Å². The number of hydrogen-bond acceptors (Lipinski definition) is 4. The first-order valence-corrected chi connectivity index (χ1v) is 7.92. The van der Waals surface area contributed by atoms with Crippen molar-refractivity contribution in [2.45, 2.75) is 22.3 Å². The molecule has 0 bridgehead atoms. The van der Waals surface area contributed by atoms with Gasteiger partial charge in [-0.3, -0.25) is 0 Å². The molecule has 1 aliphatic rings. The van der Waals surface area contributed by atoms with Gasteiger partial charge in [-0.15, -0.1) is 0 Å². The minimum atomic E-state index is -3.81. The molecule has 0 amide bonds. The third-order valence-electron chi connectivity index (χ3n) is 3.41. The molecule has 0 aliphatic carbocycles. The average molecular weight is 308 g/mol. The molecular weight excluding hydrogens is 295 g/mol. The summed E-state index contributed by atoms with van der Waals surface area (Å²) in [6.45, 7) is 0.331. The van der Waals surface area contributed by atoms with Gasteiger partial charge >= 0.3 is 0 Å². The molecule has 3 rings (SSSR count). The number of aliphatic hydroxyl groups is 1. The number of benzene rings is 2. The quantitative estimate of drug-likeness (QED) is 0.925. The summed E-state index contributed by atoms with van der Waals surface area (Å²) in [5, 5.41) is 9.83. The lowest BCUT2D eigenvalue weighted by atomic mass is 10.0. The van der Waals surface area contributed by atoms with Crippen molar-refractivity contribution in [3.8, 4) is 5.75 Å². The summed E-state index contributed by atoms with van der Waals surface area (Å²) in [6.07, 6.45) is -0.178. The molecule has 2 aromatic rings. The van der Waals surface area contributed by atoms with Gasteiger partial charge in [0.1, 0.15) is 11.6 Å². The number of rotatable bonds is 2. The van der Waals surface area contributed by atoms with Crippen LogP contribution in [0.25, 0.3) is 0 Å². The van der Waals surface area contributed by atoms with E-state index in [0.29, 0.717) is 24.3 Å². The fourth-order valence-corrected chi connectivity index (χ4v) is 3.60. The summed E-state index contributed by atoms with van der Waals surface area (Å²) >= 11 is 0. The van der Waals surface area contributed by atoms with Crippen molar-refractivity contribution in [2.75, 3.05) is 6.61 Å². The Bertz CT molecular complexity index is 786. The van der Waals surface area contributed by atoms with E-state index < -0.39 is 21.8 Å². The van der Waals surface area contributed by atoms with E-state index in [1.807, 2.05) is 0 Å². The number of aliphatic hydroxyl groups excluding tert-OH is 1. The van der Waals surface area contributed by atoms with Crippen molar-refractivity contribution in [1.82, 2.24) is 0 Å². The molecule has 0 saturated heterocycles. The normalized spacial score (nSPS) is 17.9. The molecule has 1 aliphatic heterocycles. The van der Waals surface area contributed by atoms with E-state index in [-0.39, 0.29) is 9.79 Å². The maximum absolute atomic E-state index is 13.2. The predicted molar refractivity (Wildman–Crippen MR) is 73.4 cm³/mol. The molecule has 1 heterocycles. The largest absolute Gasteiger partial charge is 0.493 e. The Balaban J connectivity index is 2.08. The van der Waals surface area contributed by atoms with Gasteiger partial charge in [-0.05, 0) is 30.3 Å². The number of halogens is 1. The number of sulfone groups is 1. The van der Waals surface area contributed by atoms with Gasteiger partial charge in [-0.25, -0.2) is 12.8 Å². The van der Waals surface area contributed by atoms with Crippen molar-refractivity contribution in [2.24, 2.45) is 0 Å². The molecule has 21 heavy (non-hydrogen) atoms. The SMILES string of the molecule is O=S(=O)(c1cccc(F)c1)c1ccc2c(c1)OCC[C@H]2O. The van der Waals surface area contributed by atoms with E-state index in [1.54, 1.807) is 0 Å². The zero-order chi connectivity index (χ0) is 15.0. The van der Waals surface area contributed by atoms with Crippen molar-refractivity contribution in [3.05, 3.63) is 53.8 Å². The Morgan fingerprint density at radius 3 is 2.67 bits per heavy atom. The molecule has 0 radical (unpaired) electrons. The third-order valence-corrected chi connectivity index (χ3v) is 5.16. The summed E-state index contributed by atoms with van der Waals surface area (Å²) < 4.78 is 43.5. The van der Waals surface area contributed by atoms with Crippen LogP contribution in [-0.2, 0) is 9.84 Å². The second-order valence-electron chi connectivity index (χ2n) is 4.81. The van der Waals surface area contributed by atoms with E-state index in [0.717, 1.165) is 6.07 Å². The first-order chi connectivity index (χ1) is 9.98. The molecule has 1 atom stereocenters. The highest BCUT2D eigenvalue weighted by Crippen LogP contribution is 2.35. The van der Waals surface area contributed by atoms with Gasteiger partial charge < -0.3 is 9.84 Å². The van der Waals surface area contributed by atoms with Crippen LogP contribution >= 0.6 is 0 Å². The Kier molecular flexibility index (Phi) is 3.43. The summed E-state index contributed by atoms with van der Waals surface area (Å²) in [6, 6.07) is 9.16. The van der Waals surface area contributed by atoms with Gasteiger partial charge in [-0.1, -0.05) is 12.1 Å². The average Bonchev–Trinajstić information content (AvgIpc) is 2.47. The Labute approximate surface area is 121 Å². The zero-order valence-electron chi connectivity index (χ0n) is 11.0. The molecule has 6 heteroatoms. The van der Waals surface area contributed by atoms with Crippen molar-refractivity contribution < 1.29 is 22.7 Å². The predicted octanol–water partition coefficient (Wildman–Crippen LogP) is 2.47. The molecule has 0 saturated carbocycles. The Morgan fingerprint density at radius 1 is 1.14 bits per heavy atom. The van der Waals surface area contributed by atoms with E-state index in [2.05, 4.69) is 0 Å². The maximum Gasteiger partial charge on any atom is 0.206 e. The highest BCUT2D eigenvalue weighted by Gasteiger charge is 2.24. The topological polar surface area (TPSA) is 63.6 Å². The molecule has 0 aromatic heterocycles. The minimum Gasteiger partial charge on any atom is -0.493 e. The molecule has 1 N–H and O–H groups in total. The molecule has 4 nitrogen and oxygen atoms in total. The lowest BCUT2D eigenvalue weighted by Gasteiger charge is -2.22. The van der Waals surface area contributed by atoms with Gasteiger partial charge in [0.2, 0.25) is 9.84 Å². The Morgan fingerprint density at radius 2 is 1.90 bits per heavy atom. The number of ether oxygens (including phenoxy) is 1. The fraction of sp³-hybridized carbons (Fsp3) is 0.200. The van der Waals surface area contributed by atoms with Gasteiger partial charge in [0, 0.05) is 12.0 Å². The van der Waals surface area contributed by atoms with Crippen LogP contribution in [0.4, 0.5) is 4.39 Å². The first kappa shape index (κ1) is 14.0. The molecule has 0 spiro atoms. The van der Waals surface area contributed by atoms with Crippen LogP contribution in [0.2, 0.25) is 0 Å². The van der Waals surface area contributed by atoms with Gasteiger partial charge in [-0.2, -0.15) is 0 Å². The van der Waals surface area contributed by atoms with Crippen molar-refractivity contribution in [3.63, 3.8) is 0 Å². The van der Waals surface area contributed by atoms with Gasteiger partial charge in [0.15, 0.2) is 0 Å². The maximum atomic E-state index is 13.2. The van der Waals surface area contributed by atoms with Crippen LogP contribution < -0.4 is 4.74 Å². The summed E-state index contributed by atoms with van der Waals surface area (Å²) in [7, 11) is -3.81. The summed E-state index contributed by atoms with van der Waals surface area (Å²) in [5.41, 5.74) is 0.569. The highest BCUT2D eigenvalue weighted by atomic mass is 32.2. The molecule has 2 aromatic carbocycles. The van der Waals surface area contributed by atoms with E-state index in [4.69, 9.17) is 4.74 Å². The van der Waals surface area contributed by atoms with Crippen LogP contribution in [0.3, 0.4) is 0 Å². The minimum absolute atomic E-state index is 0.0148. The van der Waals surface area contributed by atoms with Crippen LogP contribution in [0.5, 0.6) is 5.75 Å². The summed E-state index contributed by atoms with van der Waals surface area (Å²) in [4.78, 5) is -0.0974. The van der Waals surface area contributed by atoms with Gasteiger partial charge in [0.05, 0.1) is 22.5 Å². The smallest absolute Gasteiger partial charge is 0.206 e. The van der Waals surface area contributed by atoms with E-state index in [1.165, 1.54) is 36.4 Å². The van der Waals surface area contributed by atoms with Crippen LogP contribution in [0.15, 0.2) is 52.3 Å². The number of fused-ring (bicyclic) bond motifs is 1. The zero-order valence-corrected chi connectivity index (χ0v) is 11.8. The monoisotopic (exact) mass is 308 g/mol. The molecular formula is C15H13FO4S. The van der Waals surface area contributed by atoms with Crippen LogP contribution in [-0.4, -0.2) is 20.1 Å². The second-order valence-corrected chi connectivity index (χ2v) is 6.76. The molecule has 110 valence electrons. The van der Waals surface area contributed by atoms with Crippen LogP contribution in [0, 0.1) is 5.82 Å². The summed E-state index contributed by atoms with van der Waals surface area (Å²) in [5.74, 6) is -0.257. The van der Waals surface area contributed by atoms with Gasteiger partial charge in [0.25, 0.3) is 0 Å². The fourth-order valence-electron chi connectivity index (χ4n) is 2.29. The van der Waals surface area contributed by atoms with Crippen molar-refractivity contribution in [1.29, 1.82) is 0 Å². The molecule has 0 unspecified atom stereocenters. The number of hydrogen-bond donors (Lipinski definition) is 1. The van der Waals surface area contributed by atoms with Crippen LogP contribution in [0.1, 0.15) is 18.1 Å². The highest BCUT2D eigenvalue weighted by molar-refractivity contribution is 7.91. The standard InChI is InChI=1S/C15H13FO4S/c16-10-2-1-3-11(8-10)21(18,19)12-4-5-13-14(17)6-7-20-15(13)9-12/h1-5,8-9,14,17H,6-7H2/t14-/m1/s1. The Hall–Kier alpha value is -1.92. The van der Waals surface area contributed by atoms with Crippen molar-refractivity contribution >= 4 is 9.84 Å². The lowest BCUT2D eigenvalue weighted by molar-refractivity contribution is 0.115. The van der Waals surface area contributed by atoms with E-state index >= 15 is 0 Å². The third kappa shape index (κ3) is 2.52. The molecule has 0 fully saturated rings. The first-order valence-electron chi connectivity index (χ1n) is 6.44. The second kappa shape index (κ2) is 5.13.